The molecule has 1 aliphatic heterocycles. The zero-order valence-corrected chi connectivity index (χ0v) is 16.1. The third kappa shape index (κ3) is 2.71. The zero-order valence-electron chi connectivity index (χ0n) is 16.1. The summed E-state index contributed by atoms with van der Waals surface area (Å²) < 4.78 is 8.22. The topological polar surface area (TPSA) is 70.8 Å². The van der Waals surface area contributed by atoms with E-state index in [1.54, 1.807) is 6.20 Å². The number of ether oxygens (including phenoxy) is 1. The van der Waals surface area contributed by atoms with Gasteiger partial charge in [-0.25, -0.2) is 4.98 Å². The molecule has 2 unspecified atom stereocenters. The van der Waals surface area contributed by atoms with Crippen LogP contribution in [0.15, 0.2) is 42.7 Å². The number of fused-ring (bicyclic) bond motifs is 2. The summed E-state index contributed by atoms with van der Waals surface area (Å²) in [6, 6.07) is 9.80. The minimum Gasteiger partial charge on any atom is -0.487 e. The van der Waals surface area contributed by atoms with E-state index in [1.807, 2.05) is 42.0 Å². The number of rotatable bonds is 3. The van der Waals surface area contributed by atoms with Crippen LogP contribution in [0.4, 0.5) is 0 Å². The number of aromatic nitrogens is 2. The van der Waals surface area contributed by atoms with Crippen molar-refractivity contribution in [2.45, 2.75) is 50.8 Å². The summed E-state index contributed by atoms with van der Waals surface area (Å²) >= 11 is 0. The van der Waals surface area contributed by atoms with E-state index in [0.717, 1.165) is 35.4 Å². The molecule has 0 spiro atoms. The van der Waals surface area contributed by atoms with Gasteiger partial charge in [-0.05, 0) is 43.3 Å². The van der Waals surface area contributed by atoms with Gasteiger partial charge in [-0.3, -0.25) is 4.90 Å². The molecule has 4 atom stereocenters. The Morgan fingerprint density at radius 2 is 1.96 bits per heavy atom. The number of aliphatic hydroxyl groups is 2. The smallest absolute Gasteiger partial charge is 0.140 e. The Morgan fingerprint density at radius 3 is 2.82 bits per heavy atom. The molecule has 0 saturated heterocycles. The Bertz CT molecular complexity index is 1030. The monoisotopic (exact) mass is 379 g/mol. The molecule has 0 radical (unpaired) electrons. The van der Waals surface area contributed by atoms with Crippen molar-refractivity contribution in [2.24, 2.45) is 0 Å². The first-order valence-corrected chi connectivity index (χ1v) is 9.77. The molecule has 1 saturated carbocycles. The third-order valence-corrected chi connectivity index (χ3v) is 6.17. The summed E-state index contributed by atoms with van der Waals surface area (Å²) in [5, 5.41) is 22.5. The lowest BCUT2D eigenvalue weighted by molar-refractivity contribution is -0.0166. The van der Waals surface area contributed by atoms with E-state index in [-0.39, 0.29) is 6.04 Å². The molecule has 3 heterocycles. The van der Waals surface area contributed by atoms with Crippen LogP contribution < -0.4 is 4.74 Å². The van der Waals surface area contributed by atoms with E-state index in [0.29, 0.717) is 6.42 Å². The molecule has 2 N–H and O–H groups in total. The predicted octanol–water partition coefficient (Wildman–Crippen LogP) is 2.40. The molecule has 28 heavy (non-hydrogen) atoms. The fraction of sp³-hybridized carbons (Fsp3) is 0.409. The lowest BCUT2D eigenvalue weighted by atomic mass is 10.1. The fourth-order valence-corrected chi connectivity index (χ4v) is 4.65. The fourth-order valence-electron chi connectivity index (χ4n) is 4.65. The van der Waals surface area contributed by atoms with Crippen LogP contribution in [0.1, 0.15) is 29.2 Å². The van der Waals surface area contributed by atoms with Gasteiger partial charge >= 0.3 is 0 Å². The highest BCUT2D eigenvalue weighted by molar-refractivity contribution is 5.79. The van der Waals surface area contributed by atoms with E-state index in [1.165, 1.54) is 11.1 Å². The quantitative estimate of drug-likeness (QED) is 0.731. The molecule has 3 aromatic rings. The largest absolute Gasteiger partial charge is 0.487 e. The van der Waals surface area contributed by atoms with Gasteiger partial charge in [-0.2, -0.15) is 0 Å². The number of hydrogen-bond donors (Lipinski definition) is 2. The van der Waals surface area contributed by atoms with Crippen molar-refractivity contribution >= 4 is 11.0 Å². The van der Waals surface area contributed by atoms with E-state index < -0.39 is 18.3 Å². The molecule has 0 bridgehead atoms. The average molecular weight is 379 g/mol. The molecular formula is C22H25N3O3. The number of benzene rings is 1. The summed E-state index contributed by atoms with van der Waals surface area (Å²) in [5.41, 5.74) is 4.42. The Kier molecular flexibility index (Phi) is 4.16. The molecule has 2 aliphatic rings. The zero-order chi connectivity index (χ0) is 19.4. The van der Waals surface area contributed by atoms with Crippen LogP contribution in [0.25, 0.3) is 11.0 Å². The van der Waals surface area contributed by atoms with Gasteiger partial charge in [-0.15, -0.1) is 0 Å². The van der Waals surface area contributed by atoms with Crippen molar-refractivity contribution in [3.05, 3.63) is 59.4 Å². The highest BCUT2D eigenvalue weighted by atomic mass is 16.5. The number of hydrogen-bond acceptors (Lipinski definition) is 5. The molecular weight excluding hydrogens is 354 g/mol. The number of pyridine rings is 1. The van der Waals surface area contributed by atoms with Crippen molar-refractivity contribution in [1.29, 1.82) is 0 Å². The van der Waals surface area contributed by atoms with Crippen molar-refractivity contribution in [3.8, 4) is 5.75 Å². The van der Waals surface area contributed by atoms with Crippen molar-refractivity contribution in [3.63, 3.8) is 0 Å². The van der Waals surface area contributed by atoms with Crippen LogP contribution in [-0.4, -0.2) is 50.0 Å². The normalized spacial score (nSPS) is 27.4. The maximum Gasteiger partial charge on any atom is 0.140 e. The second-order valence-electron chi connectivity index (χ2n) is 8.09. The summed E-state index contributed by atoms with van der Waals surface area (Å²) in [7, 11) is 2.08. The van der Waals surface area contributed by atoms with Crippen LogP contribution in [0.2, 0.25) is 0 Å². The van der Waals surface area contributed by atoms with Crippen molar-refractivity contribution in [2.75, 3.05) is 7.05 Å². The Morgan fingerprint density at radius 1 is 1.11 bits per heavy atom. The van der Waals surface area contributed by atoms with Crippen molar-refractivity contribution < 1.29 is 14.9 Å². The van der Waals surface area contributed by atoms with Gasteiger partial charge in [0.25, 0.3) is 0 Å². The van der Waals surface area contributed by atoms with E-state index in [2.05, 4.69) is 23.0 Å². The molecule has 1 aromatic carbocycles. The first-order chi connectivity index (χ1) is 13.5. The van der Waals surface area contributed by atoms with Gasteiger partial charge in [-0.1, -0.05) is 12.1 Å². The van der Waals surface area contributed by atoms with Crippen LogP contribution in [0, 0.1) is 6.92 Å². The first kappa shape index (κ1) is 17.7. The van der Waals surface area contributed by atoms with Crippen LogP contribution in [-0.2, 0) is 13.1 Å². The molecule has 1 fully saturated rings. The van der Waals surface area contributed by atoms with Gasteiger partial charge in [0.2, 0.25) is 0 Å². The Labute approximate surface area is 164 Å². The molecule has 146 valence electrons. The second-order valence-corrected chi connectivity index (χ2v) is 8.09. The van der Waals surface area contributed by atoms with Crippen LogP contribution in [0.5, 0.6) is 5.75 Å². The number of aryl methyl sites for hydroxylation is 1. The molecule has 0 amide bonds. The second kappa shape index (κ2) is 6.58. The highest BCUT2D eigenvalue weighted by Crippen LogP contribution is 2.38. The average Bonchev–Trinajstić information content (AvgIpc) is 3.34. The number of aliphatic hydroxyl groups excluding tert-OH is 2. The van der Waals surface area contributed by atoms with Gasteiger partial charge in [0.1, 0.15) is 29.7 Å². The predicted molar refractivity (Wildman–Crippen MR) is 106 cm³/mol. The summed E-state index contributed by atoms with van der Waals surface area (Å²) in [4.78, 5) is 6.73. The molecule has 2 aromatic heterocycles. The Balaban J connectivity index is 1.43. The lowest BCUT2D eigenvalue weighted by Gasteiger charge is -2.20. The molecule has 6 heteroatoms. The standard InChI is InChI=1S/C22H25N3O3/c1-13-6-8-23-22-15(13)7-9-25(22)17-10-19(21(27)20(17)26)28-18-5-3-4-14-11-24(2)12-16(14)18/h3-9,17,19-21,26-27H,10-12H2,1-2H3/t17?,19?,20-,21+/m0/s1. The van der Waals surface area contributed by atoms with Gasteiger partial charge < -0.3 is 19.5 Å². The van der Waals surface area contributed by atoms with E-state index in [9.17, 15) is 10.2 Å². The van der Waals surface area contributed by atoms with Gasteiger partial charge in [0, 0.05) is 42.9 Å². The van der Waals surface area contributed by atoms with Crippen molar-refractivity contribution in [1.82, 2.24) is 14.5 Å². The van der Waals surface area contributed by atoms with E-state index >= 15 is 0 Å². The summed E-state index contributed by atoms with van der Waals surface area (Å²) in [5.74, 6) is 0.810. The number of nitrogens with zero attached hydrogens (tertiary/aromatic N) is 3. The molecule has 1 aliphatic carbocycles. The highest BCUT2D eigenvalue weighted by Gasteiger charge is 2.44. The van der Waals surface area contributed by atoms with Crippen LogP contribution >= 0.6 is 0 Å². The van der Waals surface area contributed by atoms with Gasteiger partial charge in [0.05, 0.1) is 6.04 Å². The summed E-state index contributed by atoms with van der Waals surface area (Å²) in [6.07, 6.45) is 1.96. The Hall–Kier alpha value is -2.41. The minimum atomic E-state index is -0.942. The summed E-state index contributed by atoms with van der Waals surface area (Å²) in [6.45, 7) is 3.80. The van der Waals surface area contributed by atoms with E-state index in [4.69, 9.17) is 4.74 Å². The molecule has 5 rings (SSSR count). The minimum absolute atomic E-state index is 0.272. The third-order valence-electron chi connectivity index (χ3n) is 6.17. The maximum atomic E-state index is 10.8. The van der Waals surface area contributed by atoms with Gasteiger partial charge in [0.15, 0.2) is 0 Å². The molecule has 6 nitrogen and oxygen atoms in total. The lowest BCUT2D eigenvalue weighted by Crippen LogP contribution is -2.34. The SMILES string of the molecule is Cc1ccnc2c1ccn2C1CC(Oc2cccc3c2CN(C)C3)[C@@H](O)[C@H]1O. The maximum absolute atomic E-state index is 10.8. The first-order valence-electron chi connectivity index (χ1n) is 9.77. The van der Waals surface area contributed by atoms with Crippen LogP contribution in [0.3, 0.4) is 0 Å².